The van der Waals surface area contributed by atoms with Crippen molar-refractivity contribution in [2.45, 2.75) is 45.6 Å². The predicted molar refractivity (Wildman–Crippen MR) is 63.3 cm³/mol. The number of rotatable bonds is 3. The van der Waals surface area contributed by atoms with Gasteiger partial charge in [-0.05, 0) is 30.6 Å². The summed E-state index contributed by atoms with van der Waals surface area (Å²) in [7, 11) is 0. The molecular formula is C13H23NO2. The van der Waals surface area contributed by atoms with E-state index in [-0.39, 0.29) is 0 Å². The minimum atomic E-state index is -0.644. The van der Waals surface area contributed by atoms with E-state index in [0.29, 0.717) is 18.4 Å². The molecule has 0 aromatic carbocycles. The lowest BCUT2D eigenvalue weighted by Crippen LogP contribution is -2.57. The van der Waals surface area contributed by atoms with E-state index in [1.165, 1.54) is 19.3 Å². The van der Waals surface area contributed by atoms with Gasteiger partial charge in [0, 0.05) is 19.1 Å². The van der Waals surface area contributed by atoms with Gasteiger partial charge in [-0.1, -0.05) is 20.3 Å². The molecule has 0 radical (unpaired) electrons. The van der Waals surface area contributed by atoms with Crippen molar-refractivity contribution >= 4 is 5.97 Å². The summed E-state index contributed by atoms with van der Waals surface area (Å²) < 4.78 is 0. The first-order valence-electron chi connectivity index (χ1n) is 6.53. The maximum atomic E-state index is 10.6. The third-order valence-corrected chi connectivity index (χ3v) is 4.36. The van der Waals surface area contributed by atoms with Crippen LogP contribution in [-0.4, -0.2) is 35.1 Å². The predicted octanol–water partition coefficient (Wildman–Crippen LogP) is 2.22. The van der Waals surface area contributed by atoms with Crippen molar-refractivity contribution in [1.82, 2.24) is 4.90 Å². The third kappa shape index (κ3) is 2.40. The second-order valence-corrected chi connectivity index (χ2v) is 5.79. The molecule has 2 unspecified atom stereocenters. The van der Waals surface area contributed by atoms with Gasteiger partial charge < -0.3 is 5.11 Å². The van der Waals surface area contributed by atoms with Crippen molar-refractivity contribution in [3.63, 3.8) is 0 Å². The van der Waals surface area contributed by atoms with Crippen molar-refractivity contribution in [2.24, 2.45) is 17.8 Å². The van der Waals surface area contributed by atoms with E-state index in [4.69, 9.17) is 5.11 Å². The Morgan fingerprint density at radius 1 is 1.25 bits per heavy atom. The molecule has 0 aromatic rings. The first kappa shape index (κ1) is 11.9. The molecule has 2 atom stereocenters. The molecule has 1 N–H and O–H groups in total. The number of carbonyl (C=O) groups is 1. The first-order chi connectivity index (χ1) is 7.58. The van der Waals surface area contributed by atoms with Gasteiger partial charge in [0.2, 0.25) is 0 Å². The normalized spacial score (nSPS) is 37.0. The zero-order valence-corrected chi connectivity index (χ0v) is 10.4. The number of aliphatic carboxylic acids is 1. The third-order valence-electron chi connectivity index (χ3n) is 4.36. The number of carboxylic acids is 1. The molecule has 3 heteroatoms. The lowest BCUT2D eigenvalue weighted by atomic mass is 9.75. The summed E-state index contributed by atoms with van der Waals surface area (Å²) >= 11 is 0. The van der Waals surface area contributed by atoms with E-state index in [9.17, 15) is 4.79 Å². The minimum Gasteiger partial charge on any atom is -0.481 e. The Bertz CT molecular complexity index is 251. The van der Waals surface area contributed by atoms with Crippen LogP contribution in [0.3, 0.4) is 0 Å². The van der Waals surface area contributed by atoms with Gasteiger partial charge in [0.15, 0.2) is 0 Å². The molecule has 2 fully saturated rings. The van der Waals surface area contributed by atoms with Crippen molar-refractivity contribution in [1.29, 1.82) is 0 Å². The Hall–Kier alpha value is -0.570. The molecule has 0 aromatic heterocycles. The fourth-order valence-corrected chi connectivity index (χ4v) is 3.61. The van der Waals surface area contributed by atoms with Crippen LogP contribution in [0.5, 0.6) is 0 Å². The molecule has 2 aliphatic rings. The van der Waals surface area contributed by atoms with Crippen LogP contribution >= 0.6 is 0 Å². The van der Waals surface area contributed by atoms with E-state index in [0.717, 1.165) is 24.9 Å². The molecule has 1 saturated carbocycles. The maximum absolute atomic E-state index is 10.6. The highest BCUT2D eigenvalue weighted by Crippen LogP contribution is 2.36. The summed E-state index contributed by atoms with van der Waals surface area (Å²) in [5.74, 6) is 1.33. The van der Waals surface area contributed by atoms with Crippen LogP contribution in [0, 0.1) is 17.8 Å². The second-order valence-electron chi connectivity index (χ2n) is 5.79. The van der Waals surface area contributed by atoms with Crippen LogP contribution in [0.25, 0.3) is 0 Å². The van der Waals surface area contributed by atoms with Crippen LogP contribution in [0.2, 0.25) is 0 Å². The molecule has 0 amide bonds. The Morgan fingerprint density at radius 3 is 2.31 bits per heavy atom. The minimum absolute atomic E-state index is 0.353. The molecular weight excluding hydrogens is 202 g/mol. The van der Waals surface area contributed by atoms with Crippen LogP contribution < -0.4 is 0 Å². The SMILES string of the molecule is CC1CCCC(C)C1N1CC(CC(=O)O)C1. The summed E-state index contributed by atoms with van der Waals surface area (Å²) in [5.41, 5.74) is 0. The lowest BCUT2D eigenvalue weighted by molar-refractivity contribution is -0.140. The van der Waals surface area contributed by atoms with Crippen molar-refractivity contribution in [3.8, 4) is 0 Å². The lowest BCUT2D eigenvalue weighted by Gasteiger charge is -2.50. The van der Waals surface area contributed by atoms with Crippen LogP contribution in [0.1, 0.15) is 39.5 Å². The molecule has 1 aliphatic carbocycles. The summed E-state index contributed by atoms with van der Waals surface area (Å²) in [5, 5.41) is 8.73. The Labute approximate surface area is 97.8 Å². The average Bonchev–Trinajstić information content (AvgIpc) is 2.12. The summed E-state index contributed by atoms with van der Waals surface area (Å²) in [6.45, 7) is 6.72. The average molecular weight is 225 g/mol. The van der Waals surface area contributed by atoms with E-state index in [1.807, 2.05) is 0 Å². The fraction of sp³-hybridized carbons (Fsp3) is 0.923. The van der Waals surface area contributed by atoms with Gasteiger partial charge in [0.05, 0.1) is 6.42 Å². The van der Waals surface area contributed by atoms with Crippen molar-refractivity contribution in [2.75, 3.05) is 13.1 Å². The van der Waals surface area contributed by atoms with E-state index in [2.05, 4.69) is 18.7 Å². The number of carboxylic acid groups (broad SMARTS) is 1. The fourth-order valence-electron chi connectivity index (χ4n) is 3.61. The first-order valence-corrected chi connectivity index (χ1v) is 6.53. The van der Waals surface area contributed by atoms with Gasteiger partial charge in [0.1, 0.15) is 0 Å². The van der Waals surface area contributed by atoms with E-state index >= 15 is 0 Å². The molecule has 1 heterocycles. The van der Waals surface area contributed by atoms with Gasteiger partial charge in [-0.2, -0.15) is 0 Å². The van der Waals surface area contributed by atoms with Crippen LogP contribution in [0.15, 0.2) is 0 Å². The highest BCUT2D eigenvalue weighted by Gasteiger charge is 2.39. The molecule has 3 nitrogen and oxygen atoms in total. The standard InChI is InChI=1S/C13H23NO2/c1-9-4-3-5-10(2)13(9)14-7-11(8-14)6-12(15)16/h9-11,13H,3-8H2,1-2H3,(H,15,16). The molecule has 0 bridgehead atoms. The van der Waals surface area contributed by atoms with Gasteiger partial charge >= 0.3 is 5.97 Å². The quantitative estimate of drug-likeness (QED) is 0.800. The maximum Gasteiger partial charge on any atom is 0.303 e. The molecule has 16 heavy (non-hydrogen) atoms. The van der Waals surface area contributed by atoms with Crippen LogP contribution in [-0.2, 0) is 4.79 Å². The topological polar surface area (TPSA) is 40.5 Å². The van der Waals surface area contributed by atoms with Gasteiger partial charge in [0.25, 0.3) is 0 Å². The van der Waals surface area contributed by atoms with Gasteiger partial charge in [-0.25, -0.2) is 0 Å². The Kier molecular flexibility index (Phi) is 3.53. The van der Waals surface area contributed by atoms with Crippen molar-refractivity contribution in [3.05, 3.63) is 0 Å². The number of hydrogen-bond acceptors (Lipinski definition) is 2. The number of likely N-dealkylation sites (tertiary alicyclic amines) is 1. The largest absolute Gasteiger partial charge is 0.481 e. The summed E-state index contributed by atoms with van der Waals surface area (Å²) in [4.78, 5) is 13.1. The molecule has 2 rings (SSSR count). The zero-order valence-electron chi connectivity index (χ0n) is 10.4. The second kappa shape index (κ2) is 4.74. The monoisotopic (exact) mass is 225 g/mol. The summed E-state index contributed by atoms with van der Waals surface area (Å²) in [6.07, 6.45) is 4.40. The Morgan fingerprint density at radius 2 is 1.81 bits per heavy atom. The summed E-state index contributed by atoms with van der Waals surface area (Å²) in [6, 6.07) is 0.707. The van der Waals surface area contributed by atoms with E-state index < -0.39 is 5.97 Å². The van der Waals surface area contributed by atoms with Gasteiger partial charge in [-0.3, -0.25) is 9.69 Å². The molecule has 1 aliphatic heterocycles. The highest BCUT2D eigenvalue weighted by molar-refractivity contribution is 5.67. The molecule has 92 valence electrons. The van der Waals surface area contributed by atoms with Crippen molar-refractivity contribution < 1.29 is 9.90 Å². The zero-order chi connectivity index (χ0) is 11.7. The smallest absolute Gasteiger partial charge is 0.303 e. The van der Waals surface area contributed by atoms with Crippen LogP contribution in [0.4, 0.5) is 0 Å². The van der Waals surface area contributed by atoms with E-state index in [1.54, 1.807) is 0 Å². The number of nitrogens with zero attached hydrogens (tertiary/aromatic N) is 1. The molecule has 1 saturated heterocycles. The Balaban J connectivity index is 1.83. The van der Waals surface area contributed by atoms with Gasteiger partial charge in [-0.15, -0.1) is 0 Å². The highest BCUT2D eigenvalue weighted by atomic mass is 16.4. The molecule has 0 spiro atoms. The number of hydrogen-bond donors (Lipinski definition) is 1.